The third-order valence-corrected chi connectivity index (χ3v) is 3.79. The maximum absolute atomic E-state index is 10.4. The second-order valence-corrected chi connectivity index (χ2v) is 6.74. The van der Waals surface area contributed by atoms with Crippen LogP contribution in [0.2, 0.25) is 0 Å². The van der Waals surface area contributed by atoms with Gasteiger partial charge in [-0.1, -0.05) is 72.6 Å². The zero-order valence-corrected chi connectivity index (χ0v) is 13.6. The molecule has 1 atom stereocenters. The standard InChI is InChI=1S/C17H35NO/c1-5-6-7-8-9-10-11-13-16(17(2,3)4)18-14-12-15-19/h15-16,18H,5-14H2,1-4H3. The van der Waals surface area contributed by atoms with Gasteiger partial charge in [-0.15, -0.1) is 0 Å². The van der Waals surface area contributed by atoms with Crippen molar-refractivity contribution >= 4 is 6.29 Å². The van der Waals surface area contributed by atoms with Crippen molar-refractivity contribution in [2.45, 2.75) is 91.5 Å². The van der Waals surface area contributed by atoms with Crippen molar-refractivity contribution in [1.29, 1.82) is 0 Å². The predicted molar refractivity (Wildman–Crippen MR) is 84.5 cm³/mol. The van der Waals surface area contributed by atoms with E-state index < -0.39 is 0 Å². The summed E-state index contributed by atoms with van der Waals surface area (Å²) in [7, 11) is 0. The van der Waals surface area contributed by atoms with Crippen LogP contribution in [0.25, 0.3) is 0 Å². The largest absolute Gasteiger partial charge is 0.313 e. The summed E-state index contributed by atoms with van der Waals surface area (Å²) < 4.78 is 0. The molecule has 2 heteroatoms. The van der Waals surface area contributed by atoms with Gasteiger partial charge in [0, 0.05) is 19.0 Å². The van der Waals surface area contributed by atoms with E-state index in [1.54, 1.807) is 0 Å². The predicted octanol–water partition coefficient (Wildman–Crippen LogP) is 4.72. The summed E-state index contributed by atoms with van der Waals surface area (Å²) >= 11 is 0. The van der Waals surface area contributed by atoms with Crippen LogP contribution in [0.4, 0.5) is 0 Å². The third-order valence-electron chi connectivity index (χ3n) is 3.79. The Labute approximate surface area is 120 Å². The topological polar surface area (TPSA) is 29.1 Å². The first kappa shape index (κ1) is 18.6. The highest BCUT2D eigenvalue weighted by Crippen LogP contribution is 2.24. The molecular formula is C17H35NO. The van der Waals surface area contributed by atoms with Crippen LogP contribution in [0, 0.1) is 5.41 Å². The summed E-state index contributed by atoms with van der Waals surface area (Å²) in [5.41, 5.74) is 0.283. The monoisotopic (exact) mass is 269 g/mol. The minimum atomic E-state index is 0.283. The van der Waals surface area contributed by atoms with Crippen LogP contribution in [0.15, 0.2) is 0 Å². The molecule has 0 heterocycles. The van der Waals surface area contributed by atoms with E-state index in [0.29, 0.717) is 12.5 Å². The number of carbonyl (C=O) groups is 1. The Balaban J connectivity index is 3.71. The van der Waals surface area contributed by atoms with Gasteiger partial charge in [0.2, 0.25) is 0 Å². The van der Waals surface area contributed by atoms with E-state index >= 15 is 0 Å². The molecule has 1 N–H and O–H groups in total. The van der Waals surface area contributed by atoms with Gasteiger partial charge >= 0.3 is 0 Å². The second-order valence-electron chi connectivity index (χ2n) is 6.74. The minimum Gasteiger partial charge on any atom is -0.313 e. The van der Waals surface area contributed by atoms with Gasteiger partial charge in [0.1, 0.15) is 6.29 Å². The molecular weight excluding hydrogens is 234 g/mol. The average Bonchev–Trinajstić information content (AvgIpc) is 2.34. The number of unbranched alkanes of at least 4 members (excludes halogenated alkanes) is 6. The maximum atomic E-state index is 10.4. The zero-order valence-electron chi connectivity index (χ0n) is 13.6. The Morgan fingerprint density at radius 3 is 2.11 bits per heavy atom. The van der Waals surface area contributed by atoms with Gasteiger partial charge in [-0.3, -0.25) is 0 Å². The van der Waals surface area contributed by atoms with E-state index in [0.717, 1.165) is 12.8 Å². The molecule has 0 aromatic carbocycles. The normalized spacial score (nSPS) is 13.5. The van der Waals surface area contributed by atoms with Crippen LogP contribution in [-0.2, 0) is 4.79 Å². The lowest BCUT2D eigenvalue weighted by Gasteiger charge is -2.31. The lowest BCUT2D eigenvalue weighted by molar-refractivity contribution is -0.107. The lowest BCUT2D eigenvalue weighted by Crippen LogP contribution is -2.40. The van der Waals surface area contributed by atoms with Crippen molar-refractivity contribution in [2.24, 2.45) is 5.41 Å². The Morgan fingerprint density at radius 1 is 1.00 bits per heavy atom. The van der Waals surface area contributed by atoms with Crippen molar-refractivity contribution in [3.63, 3.8) is 0 Å². The first-order chi connectivity index (χ1) is 9.02. The third kappa shape index (κ3) is 11.2. The number of carbonyl (C=O) groups excluding carboxylic acids is 1. The number of nitrogens with one attached hydrogen (secondary N) is 1. The molecule has 2 nitrogen and oxygen atoms in total. The van der Waals surface area contributed by atoms with Crippen LogP contribution < -0.4 is 5.32 Å². The summed E-state index contributed by atoms with van der Waals surface area (Å²) in [6.45, 7) is 9.94. The fraction of sp³-hybridized carbons (Fsp3) is 0.941. The quantitative estimate of drug-likeness (QED) is 0.410. The molecule has 19 heavy (non-hydrogen) atoms. The van der Waals surface area contributed by atoms with Gasteiger partial charge in [0.25, 0.3) is 0 Å². The van der Waals surface area contributed by atoms with Crippen LogP contribution in [0.5, 0.6) is 0 Å². The van der Waals surface area contributed by atoms with Crippen molar-refractivity contribution in [3.8, 4) is 0 Å². The molecule has 0 amide bonds. The first-order valence-corrected chi connectivity index (χ1v) is 8.19. The smallest absolute Gasteiger partial charge is 0.121 e. The molecule has 0 saturated carbocycles. The molecule has 0 saturated heterocycles. The molecule has 114 valence electrons. The number of hydrogen-bond acceptors (Lipinski definition) is 2. The summed E-state index contributed by atoms with van der Waals surface area (Å²) in [5.74, 6) is 0. The van der Waals surface area contributed by atoms with Gasteiger partial charge in [0.15, 0.2) is 0 Å². The number of rotatable bonds is 12. The van der Waals surface area contributed by atoms with E-state index in [1.807, 2.05) is 0 Å². The molecule has 0 aliphatic carbocycles. The molecule has 0 aromatic rings. The first-order valence-electron chi connectivity index (χ1n) is 8.19. The molecule has 0 fully saturated rings. The van der Waals surface area contributed by atoms with Crippen molar-refractivity contribution < 1.29 is 4.79 Å². The Hall–Kier alpha value is -0.370. The maximum Gasteiger partial charge on any atom is 0.121 e. The summed E-state index contributed by atoms with van der Waals surface area (Å²) in [6, 6.07) is 0.531. The summed E-state index contributed by atoms with van der Waals surface area (Å²) in [6.07, 6.45) is 12.4. The summed E-state index contributed by atoms with van der Waals surface area (Å²) in [5, 5.41) is 3.54. The highest BCUT2D eigenvalue weighted by atomic mass is 16.1. The van der Waals surface area contributed by atoms with Crippen molar-refractivity contribution in [3.05, 3.63) is 0 Å². The number of hydrogen-bond donors (Lipinski definition) is 1. The van der Waals surface area contributed by atoms with Crippen LogP contribution >= 0.6 is 0 Å². The number of aldehydes is 1. The molecule has 0 spiro atoms. The van der Waals surface area contributed by atoms with E-state index in [2.05, 4.69) is 33.0 Å². The molecule has 0 aromatic heterocycles. The molecule has 0 bridgehead atoms. The van der Waals surface area contributed by atoms with Crippen molar-refractivity contribution in [1.82, 2.24) is 5.32 Å². The fourth-order valence-electron chi connectivity index (χ4n) is 2.46. The van der Waals surface area contributed by atoms with Gasteiger partial charge in [-0.2, -0.15) is 0 Å². The zero-order chi connectivity index (χ0) is 14.6. The van der Waals surface area contributed by atoms with E-state index in [4.69, 9.17) is 0 Å². The van der Waals surface area contributed by atoms with Gasteiger partial charge < -0.3 is 10.1 Å². The second kappa shape index (κ2) is 11.5. The van der Waals surface area contributed by atoms with Crippen LogP contribution in [0.3, 0.4) is 0 Å². The van der Waals surface area contributed by atoms with Crippen molar-refractivity contribution in [2.75, 3.05) is 6.54 Å². The van der Waals surface area contributed by atoms with E-state index in [1.165, 1.54) is 51.4 Å². The van der Waals surface area contributed by atoms with Gasteiger partial charge in [0.05, 0.1) is 0 Å². The Kier molecular flexibility index (Phi) is 11.2. The Bertz CT molecular complexity index is 208. The highest BCUT2D eigenvalue weighted by Gasteiger charge is 2.23. The SMILES string of the molecule is CCCCCCCCCC(NCCC=O)C(C)(C)C. The van der Waals surface area contributed by atoms with E-state index in [9.17, 15) is 4.79 Å². The van der Waals surface area contributed by atoms with Crippen LogP contribution in [0.1, 0.15) is 85.5 Å². The van der Waals surface area contributed by atoms with Gasteiger partial charge in [-0.25, -0.2) is 0 Å². The van der Waals surface area contributed by atoms with E-state index in [-0.39, 0.29) is 5.41 Å². The van der Waals surface area contributed by atoms with Gasteiger partial charge in [-0.05, 0) is 11.8 Å². The summed E-state index contributed by atoms with van der Waals surface area (Å²) in [4.78, 5) is 10.4. The molecule has 1 unspecified atom stereocenters. The average molecular weight is 269 g/mol. The molecule has 0 rings (SSSR count). The van der Waals surface area contributed by atoms with Crippen LogP contribution in [-0.4, -0.2) is 18.9 Å². The minimum absolute atomic E-state index is 0.283. The molecule has 0 radical (unpaired) electrons. The lowest BCUT2D eigenvalue weighted by atomic mass is 9.83. The molecule has 0 aliphatic rings. The Morgan fingerprint density at radius 2 is 1.58 bits per heavy atom. The highest BCUT2D eigenvalue weighted by molar-refractivity contribution is 5.49. The molecule has 0 aliphatic heterocycles. The fourth-order valence-corrected chi connectivity index (χ4v) is 2.46.